The van der Waals surface area contributed by atoms with Crippen molar-refractivity contribution in [2.75, 3.05) is 17.2 Å². The molecule has 2 amide bonds. The molecule has 23 heavy (non-hydrogen) atoms. The lowest BCUT2D eigenvalue weighted by Gasteiger charge is -2.09. The van der Waals surface area contributed by atoms with Gasteiger partial charge in [0.2, 0.25) is 0 Å². The Morgan fingerprint density at radius 3 is 2.52 bits per heavy atom. The first-order valence-electron chi connectivity index (χ1n) is 6.82. The fraction of sp³-hybridized carbons (Fsp3) is 0.200. The maximum Gasteiger partial charge on any atom is 0.340 e. The third kappa shape index (κ3) is 4.36. The highest BCUT2D eigenvalue weighted by Crippen LogP contribution is 2.17. The molecule has 2 aromatic rings. The molecule has 120 valence electrons. The smallest absolute Gasteiger partial charge is 0.340 e. The van der Waals surface area contributed by atoms with Crippen LogP contribution >= 0.6 is 11.3 Å². The number of carbonyl (C=O) groups is 3. The standard InChI is InChI=1S/C15H15N3O4S/c1-3-22-14(21)10-6-4-5-7-11(10)17-12(19)13(20)18-15-16-9(2)8-23-15/h4-8H,3H2,1-2H3,(H,17,19)(H,16,18,20). The minimum atomic E-state index is -0.894. The average molecular weight is 333 g/mol. The van der Waals surface area contributed by atoms with E-state index in [1.165, 1.54) is 23.5 Å². The van der Waals surface area contributed by atoms with E-state index in [-0.39, 0.29) is 17.9 Å². The van der Waals surface area contributed by atoms with Gasteiger partial charge in [-0.05, 0) is 26.0 Å². The number of nitrogens with one attached hydrogen (secondary N) is 2. The summed E-state index contributed by atoms with van der Waals surface area (Å²) in [5.41, 5.74) is 1.14. The number of aryl methyl sites for hydroxylation is 1. The van der Waals surface area contributed by atoms with E-state index in [0.717, 1.165) is 5.69 Å². The second-order valence-corrected chi connectivity index (χ2v) is 5.33. The Bertz CT molecular complexity index is 742. The number of benzene rings is 1. The molecule has 0 bridgehead atoms. The Morgan fingerprint density at radius 1 is 1.17 bits per heavy atom. The van der Waals surface area contributed by atoms with Crippen LogP contribution in [0.5, 0.6) is 0 Å². The van der Waals surface area contributed by atoms with E-state index in [1.807, 2.05) is 0 Å². The van der Waals surface area contributed by atoms with E-state index in [4.69, 9.17) is 4.74 Å². The third-order valence-electron chi connectivity index (χ3n) is 2.72. The molecule has 7 nitrogen and oxygen atoms in total. The first kappa shape index (κ1) is 16.6. The molecule has 0 fully saturated rings. The Hall–Kier alpha value is -2.74. The average Bonchev–Trinajstić information content (AvgIpc) is 2.93. The van der Waals surface area contributed by atoms with Gasteiger partial charge < -0.3 is 10.1 Å². The van der Waals surface area contributed by atoms with Gasteiger partial charge in [0.05, 0.1) is 23.6 Å². The van der Waals surface area contributed by atoms with Gasteiger partial charge >= 0.3 is 17.8 Å². The summed E-state index contributed by atoms with van der Waals surface area (Å²) in [4.78, 5) is 39.7. The Morgan fingerprint density at radius 2 is 1.87 bits per heavy atom. The maximum absolute atomic E-state index is 12.0. The van der Waals surface area contributed by atoms with Crippen LogP contribution < -0.4 is 10.6 Å². The fourth-order valence-corrected chi connectivity index (χ4v) is 2.41. The van der Waals surface area contributed by atoms with Gasteiger partial charge in [0.25, 0.3) is 0 Å². The van der Waals surface area contributed by atoms with Crippen molar-refractivity contribution < 1.29 is 19.1 Å². The van der Waals surface area contributed by atoms with Crippen LogP contribution in [-0.2, 0) is 14.3 Å². The first-order chi connectivity index (χ1) is 11.0. The van der Waals surface area contributed by atoms with Crippen molar-refractivity contribution in [3.8, 4) is 0 Å². The van der Waals surface area contributed by atoms with Crippen LogP contribution in [0.2, 0.25) is 0 Å². The number of nitrogens with zero attached hydrogens (tertiary/aromatic N) is 1. The largest absolute Gasteiger partial charge is 0.462 e. The predicted octanol–water partition coefficient (Wildman–Crippen LogP) is 2.21. The number of hydrogen-bond acceptors (Lipinski definition) is 6. The molecular weight excluding hydrogens is 318 g/mol. The summed E-state index contributed by atoms with van der Waals surface area (Å²) >= 11 is 1.22. The van der Waals surface area contributed by atoms with E-state index in [9.17, 15) is 14.4 Å². The minimum absolute atomic E-state index is 0.181. The van der Waals surface area contributed by atoms with Crippen molar-refractivity contribution in [2.24, 2.45) is 0 Å². The fourth-order valence-electron chi connectivity index (χ4n) is 1.72. The molecule has 8 heteroatoms. The highest BCUT2D eigenvalue weighted by atomic mass is 32.1. The van der Waals surface area contributed by atoms with E-state index >= 15 is 0 Å². The van der Waals surface area contributed by atoms with Crippen molar-refractivity contribution in [1.29, 1.82) is 0 Å². The normalized spacial score (nSPS) is 10.0. The summed E-state index contributed by atoms with van der Waals surface area (Å²) in [5.74, 6) is -2.33. The molecule has 0 saturated carbocycles. The number of rotatable bonds is 4. The van der Waals surface area contributed by atoms with E-state index < -0.39 is 17.8 Å². The number of hydrogen-bond donors (Lipinski definition) is 2. The van der Waals surface area contributed by atoms with E-state index in [1.54, 1.807) is 31.4 Å². The van der Waals surface area contributed by atoms with Gasteiger partial charge in [-0.2, -0.15) is 0 Å². The predicted molar refractivity (Wildman–Crippen MR) is 86.5 cm³/mol. The highest BCUT2D eigenvalue weighted by molar-refractivity contribution is 7.14. The SMILES string of the molecule is CCOC(=O)c1ccccc1NC(=O)C(=O)Nc1nc(C)cs1. The molecule has 0 spiro atoms. The van der Waals surface area contributed by atoms with E-state index in [2.05, 4.69) is 15.6 Å². The molecule has 0 radical (unpaired) electrons. The summed E-state index contributed by atoms with van der Waals surface area (Å²) < 4.78 is 4.91. The number of carbonyl (C=O) groups excluding carboxylic acids is 3. The second kappa shape index (κ2) is 7.50. The van der Waals surface area contributed by atoms with Crippen molar-refractivity contribution in [1.82, 2.24) is 4.98 Å². The summed E-state index contributed by atoms with van der Waals surface area (Å²) in [6.07, 6.45) is 0. The molecule has 0 atom stereocenters. The Kier molecular flexibility index (Phi) is 5.42. The number of anilines is 2. The summed E-state index contributed by atoms with van der Waals surface area (Å²) in [5, 5.41) is 6.89. The molecule has 1 aromatic heterocycles. The molecule has 2 N–H and O–H groups in total. The molecule has 1 heterocycles. The molecule has 1 aromatic carbocycles. The van der Waals surface area contributed by atoms with Crippen LogP contribution in [-0.4, -0.2) is 29.4 Å². The van der Waals surface area contributed by atoms with Gasteiger partial charge in [0.15, 0.2) is 5.13 Å². The number of amides is 2. The molecule has 0 aliphatic heterocycles. The van der Waals surface area contributed by atoms with Crippen LogP contribution in [0.15, 0.2) is 29.6 Å². The minimum Gasteiger partial charge on any atom is -0.462 e. The van der Waals surface area contributed by atoms with Gasteiger partial charge in [-0.25, -0.2) is 9.78 Å². The number of para-hydroxylation sites is 1. The highest BCUT2D eigenvalue weighted by Gasteiger charge is 2.19. The molecular formula is C15H15N3O4S. The van der Waals surface area contributed by atoms with Crippen molar-refractivity contribution in [2.45, 2.75) is 13.8 Å². The zero-order valence-corrected chi connectivity index (χ0v) is 13.4. The summed E-state index contributed by atoms with van der Waals surface area (Å²) in [6.45, 7) is 3.68. The lowest BCUT2D eigenvalue weighted by Crippen LogP contribution is -2.29. The Balaban J connectivity index is 2.08. The van der Waals surface area contributed by atoms with Crippen LogP contribution in [0.25, 0.3) is 0 Å². The zero-order chi connectivity index (χ0) is 16.8. The van der Waals surface area contributed by atoms with Gasteiger partial charge in [-0.15, -0.1) is 11.3 Å². The Labute approximate surface area is 136 Å². The third-order valence-corrected chi connectivity index (χ3v) is 3.59. The first-order valence-corrected chi connectivity index (χ1v) is 7.69. The number of thiazole rings is 1. The molecule has 0 unspecified atom stereocenters. The van der Waals surface area contributed by atoms with Gasteiger partial charge in [0.1, 0.15) is 0 Å². The maximum atomic E-state index is 12.0. The number of esters is 1. The van der Waals surface area contributed by atoms with Crippen LogP contribution in [0.1, 0.15) is 23.0 Å². The summed E-state index contributed by atoms with van der Waals surface area (Å²) in [7, 11) is 0. The van der Waals surface area contributed by atoms with Crippen molar-refractivity contribution >= 4 is 39.9 Å². The molecule has 0 aliphatic carbocycles. The van der Waals surface area contributed by atoms with Gasteiger partial charge in [-0.3, -0.25) is 14.9 Å². The zero-order valence-electron chi connectivity index (χ0n) is 12.6. The lowest BCUT2D eigenvalue weighted by atomic mass is 10.2. The van der Waals surface area contributed by atoms with Gasteiger partial charge in [-0.1, -0.05) is 12.1 Å². The molecule has 0 saturated heterocycles. The molecule has 0 aliphatic rings. The van der Waals surface area contributed by atoms with Crippen molar-refractivity contribution in [3.63, 3.8) is 0 Å². The van der Waals surface area contributed by atoms with Crippen LogP contribution in [0, 0.1) is 6.92 Å². The topological polar surface area (TPSA) is 97.4 Å². The molecule has 2 rings (SSSR count). The van der Waals surface area contributed by atoms with Crippen LogP contribution in [0.3, 0.4) is 0 Å². The van der Waals surface area contributed by atoms with Crippen molar-refractivity contribution in [3.05, 3.63) is 40.9 Å². The quantitative estimate of drug-likeness (QED) is 0.660. The number of ether oxygens (including phenoxy) is 1. The number of aromatic nitrogens is 1. The monoisotopic (exact) mass is 333 g/mol. The van der Waals surface area contributed by atoms with Gasteiger partial charge in [0, 0.05) is 5.38 Å². The van der Waals surface area contributed by atoms with Crippen LogP contribution in [0.4, 0.5) is 10.8 Å². The van der Waals surface area contributed by atoms with E-state index in [0.29, 0.717) is 5.13 Å². The lowest BCUT2D eigenvalue weighted by molar-refractivity contribution is -0.133. The second-order valence-electron chi connectivity index (χ2n) is 4.47. The summed E-state index contributed by atoms with van der Waals surface area (Å²) in [6, 6.07) is 6.31.